The molecule has 4 rings (SSSR count). The van der Waals surface area contributed by atoms with Gasteiger partial charge >= 0.3 is 0 Å². The third-order valence-corrected chi connectivity index (χ3v) is 5.99. The molecule has 1 saturated heterocycles. The van der Waals surface area contributed by atoms with Crippen LogP contribution < -0.4 is 16.2 Å². The smallest absolute Gasteiger partial charge is 0.266 e. The van der Waals surface area contributed by atoms with Crippen LogP contribution in [0.25, 0.3) is 11.0 Å². The minimum absolute atomic E-state index is 0.0772. The number of β-amino-alcohol motifs (C(OH)–C–C–N with tert-alkyl or cyclic N) is 1. The van der Waals surface area contributed by atoms with E-state index in [0.29, 0.717) is 41.9 Å². The molecule has 0 bridgehead atoms. The first kappa shape index (κ1) is 22.2. The Hall–Kier alpha value is -2.98. The Labute approximate surface area is 182 Å². The van der Waals surface area contributed by atoms with Gasteiger partial charge in [0, 0.05) is 30.6 Å². The minimum atomic E-state index is -2.92. The van der Waals surface area contributed by atoms with E-state index in [4.69, 9.17) is 0 Å². The largest absolute Gasteiger partial charge is 0.391 e. The summed E-state index contributed by atoms with van der Waals surface area (Å²) >= 11 is 0. The lowest BCUT2D eigenvalue weighted by atomic mass is 9.88. The molecular weight excluding hydrogens is 423 g/mol. The quantitative estimate of drug-likeness (QED) is 0.557. The molecule has 1 fully saturated rings. The van der Waals surface area contributed by atoms with Crippen molar-refractivity contribution in [2.45, 2.75) is 37.8 Å². The van der Waals surface area contributed by atoms with Crippen molar-refractivity contribution in [3.05, 3.63) is 63.5 Å². The Morgan fingerprint density at radius 2 is 2.03 bits per heavy atom. The summed E-state index contributed by atoms with van der Waals surface area (Å²) in [6.45, 7) is 2.70. The minimum Gasteiger partial charge on any atom is -0.391 e. The van der Waals surface area contributed by atoms with E-state index in [1.54, 1.807) is 20.0 Å². The predicted octanol–water partition coefficient (Wildman–Crippen LogP) is 3.02. The van der Waals surface area contributed by atoms with Crippen molar-refractivity contribution in [2.75, 3.05) is 18.4 Å². The Bertz CT molecular complexity index is 1200. The number of benzene rings is 1. The highest BCUT2D eigenvalue weighted by molar-refractivity contribution is 5.87. The number of alkyl halides is 2. The van der Waals surface area contributed by atoms with E-state index in [2.05, 4.69) is 20.6 Å². The number of fused-ring (bicyclic) bond motifs is 1. The number of piperidine rings is 1. The fourth-order valence-electron chi connectivity index (χ4n) is 4.23. The summed E-state index contributed by atoms with van der Waals surface area (Å²) in [4.78, 5) is 21.4. The van der Waals surface area contributed by atoms with Crippen LogP contribution in [0, 0.1) is 5.82 Å². The van der Waals surface area contributed by atoms with E-state index in [0.717, 1.165) is 6.07 Å². The lowest BCUT2D eigenvalue weighted by Gasteiger charge is -2.28. The number of aryl methyl sites for hydroxylation is 1. The molecule has 1 aliphatic rings. The number of anilines is 1. The number of hydrogen-bond donors (Lipinski definition) is 3. The molecule has 3 N–H and O–H groups in total. The van der Waals surface area contributed by atoms with Crippen LogP contribution in [0.4, 0.5) is 19.0 Å². The molecule has 3 aromatic rings. The van der Waals surface area contributed by atoms with Crippen molar-refractivity contribution in [1.29, 1.82) is 0 Å². The number of halogens is 3. The predicted molar refractivity (Wildman–Crippen MR) is 114 cm³/mol. The molecule has 0 aliphatic carbocycles. The summed E-state index contributed by atoms with van der Waals surface area (Å²) < 4.78 is 42.2. The highest BCUT2D eigenvalue weighted by Crippen LogP contribution is 2.31. The molecule has 32 heavy (non-hydrogen) atoms. The van der Waals surface area contributed by atoms with E-state index < -0.39 is 30.0 Å². The number of aliphatic hydroxyl groups is 1. The van der Waals surface area contributed by atoms with Crippen LogP contribution in [0.15, 0.2) is 35.4 Å². The van der Waals surface area contributed by atoms with Crippen LogP contribution in [0.1, 0.15) is 48.4 Å². The highest BCUT2D eigenvalue weighted by atomic mass is 19.3. The zero-order chi connectivity index (χ0) is 23.0. The Kier molecular flexibility index (Phi) is 6.16. The average molecular weight is 447 g/mol. The number of hydrogen-bond acceptors (Lipinski definition) is 6. The number of nitrogens with one attached hydrogen (secondary N) is 2. The van der Waals surface area contributed by atoms with Crippen molar-refractivity contribution >= 4 is 16.9 Å². The molecule has 170 valence electrons. The van der Waals surface area contributed by atoms with Gasteiger partial charge < -0.3 is 15.7 Å². The standard InChI is InChI=1S/C22H24F3N5O2/c1-11(12-4-3-5-14(18(12)23)19(24)25)29-20-16-8-15(13-6-7-26-9-17(13)31)22(32)30(2)21(16)28-10-27-20/h3-5,8,10-11,13,17,19,26,31H,6-7,9H2,1-2H3,(H,27,28,29)/t11-,13?,17?/m1/s1. The van der Waals surface area contributed by atoms with Crippen LogP contribution in [0.5, 0.6) is 0 Å². The SMILES string of the molecule is C[C@@H](Nc1ncnc2c1cc(C1CCNCC1O)c(=O)n2C)c1cccc(C(F)F)c1F. The van der Waals surface area contributed by atoms with Gasteiger partial charge in [0.15, 0.2) is 0 Å². The molecule has 0 saturated carbocycles. The summed E-state index contributed by atoms with van der Waals surface area (Å²) in [6.07, 6.45) is -1.75. The maximum atomic E-state index is 14.6. The molecule has 7 nitrogen and oxygen atoms in total. The van der Waals surface area contributed by atoms with Gasteiger partial charge in [0.1, 0.15) is 23.6 Å². The van der Waals surface area contributed by atoms with Gasteiger partial charge in [-0.15, -0.1) is 0 Å². The maximum absolute atomic E-state index is 14.6. The number of nitrogens with zero attached hydrogens (tertiary/aromatic N) is 3. The lowest BCUT2D eigenvalue weighted by Crippen LogP contribution is -2.41. The molecule has 0 spiro atoms. The van der Waals surface area contributed by atoms with Crippen LogP contribution in [-0.2, 0) is 7.05 Å². The van der Waals surface area contributed by atoms with Crippen molar-refractivity contribution in [3.8, 4) is 0 Å². The number of aliphatic hydroxyl groups excluding tert-OH is 1. The van der Waals surface area contributed by atoms with E-state index in [-0.39, 0.29) is 17.0 Å². The zero-order valence-corrected chi connectivity index (χ0v) is 17.6. The van der Waals surface area contributed by atoms with Gasteiger partial charge in [-0.1, -0.05) is 18.2 Å². The molecule has 1 aromatic carbocycles. The molecule has 0 amide bonds. The third kappa shape index (κ3) is 3.95. The van der Waals surface area contributed by atoms with Gasteiger partial charge in [-0.3, -0.25) is 9.36 Å². The Balaban J connectivity index is 1.77. The normalized spacial score (nSPS) is 20.0. The van der Waals surface area contributed by atoms with Gasteiger partial charge in [0.2, 0.25) is 0 Å². The highest BCUT2D eigenvalue weighted by Gasteiger charge is 2.28. The van der Waals surface area contributed by atoms with Crippen LogP contribution in [0.3, 0.4) is 0 Å². The third-order valence-electron chi connectivity index (χ3n) is 5.99. The van der Waals surface area contributed by atoms with Crippen molar-refractivity contribution in [2.24, 2.45) is 7.05 Å². The van der Waals surface area contributed by atoms with Gasteiger partial charge in [0.05, 0.1) is 23.1 Å². The van der Waals surface area contributed by atoms with Gasteiger partial charge in [-0.2, -0.15) is 0 Å². The maximum Gasteiger partial charge on any atom is 0.266 e. The molecule has 1 aliphatic heterocycles. The summed E-state index contributed by atoms with van der Waals surface area (Å²) in [6, 6.07) is 4.86. The first-order valence-corrected chi connectivity index (χ1v) is 10.4. The van der Waals surface area contributed by atoms with Crippen molar-refractivity contribution in [1.82, 2.24) is 19.9 Å². The second-order valence-electron chi connectivity index (χ2n) is 8.01. The van der Waals surface area contributed by atoms with E-state index in [9.17, 15) is 23.1 Å². The molecular formula is C22H24F3N5O2. The number of rotatable bonds is 5. The van der Waals surface area contributed by atoms with E-state index in [1.165, 1.54) is 23.0 Å². The van der Waals surface area contributed by atoms with Crippen LogP contribution in [0.2, 0.25) is 0 Å². The van der Waals surface area contributed by atoms with Crippen molar-refractivity contribution < 1.29 is 18.3 Å². The second kappa shape index (κ2) is 8.87. The second-order valence-corrected chi connectivity index (χ2v) is 8.01. The fourth-order valence-corrected chi connectivity index (χ4v) is 4.23. The number of pyridine rings is 1. The van der Waals surface area contributed by atoms with Gasteiger partial charge in [0.25, 0.3) is 12.0 Å². The zero-order valence-electron chi connectivity index (χ0n) is 17.6. The molecule has 3 heterocycles. The molecule has 2 unspecified atom stereocenters. The van der Waals surface area contributed by atoms with E-state index >= 15 is 0 Å². The Morgan fingerprint density at radius 3 is 2.75 bits per heavy atom. The molecule has 3 atom stereocenters. The van der Waals surface area contributed by atoms with Crippen molar-refractivity contribution in [3.63, 3.8) is 0 Å². The first-order valence-electron chi connectivity index (χ1n) is 10.4. The molecule has 0 radical (unpaired) electrons. The fraction of sp³-hybridized carbons (Fsp3) is 0.409. The summed E-state index contributed by atoms with van der Waals surface area (Å²) in [5.74, 6) is -0.971. The topological polar surface area (TPSA) is 92.1 Å². The molecule has 2 aromatic heterocycles. The van der Waals surface area contributed by atoms with Crippen LogP contribution >= 0.6 is 0 Å². The molecule has 10 heteroatoms. The van der Waals surface area contributed by atoms with Gasteiger partial charge in [-0.05, 0) is 26.0 Å². The van der Waals surface area contributed by atoms with Gasteiger partial charge in [-0.25, -0.2) is 23.1 Å². The monoisotopic (exact) mass is 447 g/mol. The van der Waals surface area contributed by atoms with E-state index in [1.807, 2.05) is 0 Å². The Morgan fingerprint density at radius 1 is 1.28 bits per heavy atom. The average Bonchev–Trinajstić information content (AvgIpc) is 2.77. The lowest BCUT2D eigenvalue weighted by molar-refractivity contribution is 0.118. The summed E-state index contributed by atoms with van der Waals surface area (Å²) in [7, 11) is 1.59. The number of aromatic nitrogens is 3. The summed E-state index contributed by atoms with van der Waals surface area (Å²) in [5.41, 5.74) is -0.0162. The summed E-state index contributed by atoms with van der Waals surface area (Å²) in [5, 5.41) is 17.1. The first-order chi connectivity index (χ1) is 15.3. The van der Waals surface area contributed by atoms with Crippen LogP contribution in [-0.4, -0.2) is 38.8 Å².